The molecule has 33 heavy (non-hydrogen) atoms. The third-order valence-electron chi connectivity index (χ3n) is 7.05. The molecule has 3 rings (SSSR count). The Morgan fingerprint density at radius 3 is 2.33 bits per heavy atom. The van der Waals surface area contributed by atoms with Crippen molar-refractivity contribution in [2.24, 2.45) is 11.5 Å². The average Bonchev–Trinajstić information content (AvgIpc) is 2.80. The molecule has 1 atom stereocenters. The summed E-state index contributed by atoms with van der Waals surface area (Å²) in [6.45, 7) is 5.85. The molecule has 2 fully saturated rings. The molecule has 1 spiro atoms. The second kappa shape index (κ2) is 12.7. The Labute approximate surface area is 202 Å². The van der Waals surface area contributed by atoms with Crippen molar-refractivity contribution in [2.75, 3.05) is 51.1 Å². The molecule has 1 aliphatic carbocycles. The molecule has 2 amide bonds. The van der Waals surface area contributed by atoms with Gasteiger partial charge in [-0.1, -0.05) is 30.9 Å². The van der Waals surface area contributed by atoms with Crippen LogP contribution in [-0.2, 0) is 9.59 Å². The van der Waals surface area contributed by atoms with Crippen LogP contribution in [-0.4, -0.2) is 79.0 Å². The summed E-state index contributed by atoms with van der Waals surface area (Å²) >= 11 is 5.88. The van der Waals surface area contributed by atoms with Gasteiger partial charge in [-0.2, -0.15) is 0 Å². The van der Waals surface area contributed by atoms with Crippen molar-refractivity contribution in [3.05, 3.63) is 29.3 Å². The standard InChI is InChI=1S/C24H39ClN6O2/c25-19-4-6-20(7-5-19)28-22(32)23(33)29-21-8-13-31(17-16-30(14-11-26)15-12-27)24(18-21)9-2-1-3-10-24/h4-7,21H,1-3,8-18,26-27H2,(H,28,32)(H,29,33). The van der Waals surface area contributed by atoms with E-state index in [-0.39, 0.29) is 11.6 Å². The molecule has 0 aromatic heterocycles. The first-order valence-corrected chi connectivity index (χ1v) is 12.6. The molecule has 1 heterocycles. The number of hydrogen-bond acceptors (Lipinski definition) is 6. The lowest BCUT2D eigenvalue weighted by molar-refractivity contribution is -0.137. The topological polar surface area (TPSA) is 117 Å². The Bertz CT molecular complexity index is 763. The molecule has 6 N–H and O–H groups in total. The van der Waals surface area contributed by atoms with Crippen LogP contribution in [0.1, 0.15) is 44.9 Å². The van der Waals surface area contributed by atoms with Crippen molar-refractivity contribution in [2.45, 2.75) is 56.5 Å². The van der Waals surface area contributed by atoms with Gasteiger partial charge in [0.1, 0.15) is 0 Å². The van der Waals surface area contributed by atoms with Gasteiger partial charge in [-0.05, 0) is 49.9 Å². The number of hydrogen-bond donors (Lipinski definition) is 4. The molecule has 1 aromatic rings. The van der Waals surface area contributed by atoms with Crippen LogP contribution in [0.15, 0.2) is 24.3 Å². The van der Waals surface area contributed by atoms with E-state index < -0.39 is 11.8 Å². The van der Waals surface area contributed by atoms with Gasteiger partial charge in [0, 0.05) is 68.1 Å². The lowest BCUT2D eigenvalue weighted by atomic mass is 9.73. The van der Waals surface area contributed by atoms with E-state index in [4.69, 9.17) is 23.1 Å². The zero-order valence-electron chi connectivity index (χ0n) is 19.5. The van der Waals surface area contributed by atoms with Crippen LogP contribution in [0, 0.1) is 0 Å². The average molecular weight is 479 g/mol. The highest BCUT2D eigenvalue weighted by molar-refractivity contribution is 6.39. The maximum Gasteiger partial charge on any atom is 0.313 e. The molecule has 9 heteroatoms. The minimum Gasteiger partial charge on any atom is -0.345 e. The molecule has 1 aliphatic heterocycles. The Morgan fingerprint density at radius 1 is 1.03 bits per heavy atom. The highest BCUT2D eigenvalue weighted by Crippen LogP contribution is 2.40. The van der Waals surface area contributed by atoms with E-state index in [2.05, 4.69) is 20.4 Å². The van der Waals surface area contributed by atoms with Gasteiger partial charge in [-0.3, -0.25) is 19.4 Å². The molecule has 184 valence electrons. The summed E-state index contributed by atoms with van der Waals surface area (Å²) in [6, 6.07) is 6.73. The Hall–Kier alpha value is -1.71. The Balaban J connectivity index is 1.57. The molecule has 0 bridgehead atoms. The van der Waals surface area contributed by atoms with E-state index in [0.29, 0.717) is 23.8 Å². The van der Waals surface area contributed by atoms with Gasteiger partial charge in [-0.25, -0.2) is 0 Å². The number of likely N-dealkylation sites (tertiary alicyclic amines) is 1. The van der Waals surface area contributed by atoms with Crippen molar-refractivity contribution in [3.8, 4) is 0 Å². The number of benzene rings is 1. The van der Waals surface area contributed by atoms with Crippen LogP contribution in [0.3, 0.4) is 0 Å². The molecule has 0 radical (unpaired) electrons. The first kappa shape index (κ1) is 25.9. The summed E-state index contributed by atoms with van der Waals surface area (Å²) in [5.41, 5.74) is 12.2. The minimum absolute atomic E-state index is 0.00649. The second-order valence-electron chi connectivity index (χ2n) is 9.32. The van der Waals surface area contributed by atoms with Crippen LogP contribution >= 0.6 is 11.6 Å². The molecule has 2 aliphatic rings. The zero-order valence-corrected chi connectivity index (χ0v) is 20.3. The first-order chi connectivity index (χ1) is 16.0. The molecular weight excluding hydrogens is 440 g/mol. The normalized spacial score (nSPS) is 20.7. The predicted molar refractivity (Wildman–Crippen MR) is 133 cm³/mol. The van der Waals surface area contributed by atoms with Gasteiger partial charge in [-0.15, -0.1) is 0 Å². The number of nitrogens with one attached hydrogen (secondary N) is 2. The van der Waals surface area contributed by atoms with E-state index >= 15 is 0 Å². The van der Waals surface area contributed by atoms with Crippen LogP contribution in [0.25, 0.3) is 0 Å². The number of rotatable bonds is 9. The monoisotopic (exact) mass is 478 g/mol. The predicted octanol–water partition coefficient (Wildman–Crippen LogP) is 1.78. The fourth-order valence-electron chi connectivity index (χ4n) is 5.38. The second-order valence-corrected chi connectivity index (χ2v) is 9.75. The summed E-state index contributed by atoms with van der Waals surface area (Å²) in [6.07, 6.45) is 7.71. The van der Waals surface area contributed by atoms with E-state index in [1.807, 2.05) is 0 Å². The molecular formula is C24H39ClN6O2. The number of piperidine rings is 1. The minimum atomic E-state index is -0.642. The number of nitrogens with two attached hydrogens (primary N) is 2. The van der Waals surface area contributed by atoms with E-state index in [1.54, 1.807) is 24.3 Å². The Kier molecular flexibility index (Phi) is 9.94. The fraction of sp³-hybridized carbons (Fsp3) is 0.667. The highest BCUT2D eigenvalue weighted by atomic mass is 35.5. The van der Waals surface area contributed by atoms with E-state index in [1.165, 1.54) is 19.3 Å². The van der Waals surface area contributed by atoms with Crippen LogP contribution in [0.2, 0.25) is 5.02 Å². The van der Waals surface area contributed by atoms with E-state index in [9.17, 15) is 9.59 Å². The molecule has 1 saturated carbocycles. The maximum atomic E-state index is 12.6. The van der Waals surface area contributed by atoms with Gasteiger partial charge in [0.2, 0.25) is 0 Å². The van der Waals surface area contributed by atoms with Gasteiger partial charge < -0.3 is 22.1 Å². The number of carbonyl (C=O) groups excluding carboxylic acids is 2. The first-order valence-electron chi connectivity index (χ1n) is 12.2. The van der Waals surface area contributed by atoms with Gasteiger partial charge in [0.05, 0.1) is 0 Å². The van der Waals surface area contributed by atoms with E-state index in [0.717, 1.165) is 58.4 Å². The molecule has 8 nitrogen and oxygen atoms in total. The SMILES string of the molecule is NCCN(CCN)CCN1CCC(NC(=O)C(=O)Nc2ccc(Cl)cc2)CC12CCCCC2. The van der Waals surface area contributed by atoms with Crippen LogP contribution in [0.4, 0.5) is 5.69 Å². The summed E-state index contributed by atoms with van der Waals surface area (Å²) in [7, 11) is 0. The van der Waals surface area contributed by atoms with Crippen molar-refractivity contribution in [1.82, 2.24) is 15.1 Å². The summed E-state index contributed by atoms with van der Waals surface area (Å²) < 4.78 is 0. The van der Waals surface area contributed by atoms with Crippen molar-refractivity contribution in [3.63, 3.8) is 0 Å². The van der Waals surface area contributed by atoms with Gasteiger partial charge >= 0.3 is 11.8 Å². The highest BCUT2D eigenvalue weighted by Gasteiger charge is 2.43. The molecule has 1 saturated heterocycles. The number of halogens is 1. The van der Waals surface area contributed by atoms with Crippen molar-refractivity contribution in [1.29, 1.82) is 0 Å². The summed E-state index contributed by atoms with van der Waals surface area (Å²) in [5, 5.41) is 6.23. The zero-order chi connectivity index (χ0) is 23.7. The lowest BCUT2D eigenvalue weighted by Crippen LogP contribution is -2.60. The van der Waals surface area contributed by atoms with Crippen molar-refractivity contribution < 1.29 is 9.59 Å². The quantitative estimate of drug-likeness (QED) is 0.402. The molecule has 1 unspecified atom stereocenters. The third-order valence-corrected chi connectivity index (χ3v) is 7.30. The number of nitrogens with zero attached hydrogens (tertiary/aromatic N) is 2. The number of anilines is 1. The summed E-state index contributed by atoms with van der Waals surface area (Å²) in [5.74, 6) is -1.22. The largest absolute Gasteiger partial charge is 0.345 e. The fourth-order valence-corrected chi connectivity index (χ4v) is 5.50. The summed E-state index contributed by atoms with van der Waals surface area (Å²) in [4.78, 5) is 30.0. The third kappa shape index (κ3) is 7.39. The van der Waals surface area contributed by atoms with Gasteiger partial charge in [0.25, 0.3) is 0 Å². The maximum absolute atomic E-state index is 12.6. The number of amides is 2. The van der Waals surface area contributed by atoms with Crippen LogP contribution in [0.5, 0.6) is 0 Å². The number of carbonyl (C=O) groups is 2. The Morgan fingerprint density at radius 2 is 1.70 bits per heavy atom. The van der Waals surface area contributed by atoms with Gasteiger partial charge in [0.15, 0.2) is 0 Å². The smallest absolute Gasteiger partial charge is 0.313 e. The van der Waals surface area contributed by atoms with Crippen molar-refractivity contribution >= 4 is 29.1 Å². The lowest BCUT2D eigenvalue weighted by Gasteiger charge is -2.52. The molecule has 1 aromatic carbocycles. The van der Waals surface area contributed by atoms with Crippen LogP contribution < -0.4 is 22.1 Å².